The first-order valence-electron chi connectivity index (χ1n) is 4.33. The summed E-state index contributed by atoms with van der Waals surface area (Å²) in [5.74, 6) is -1.29. The monoisotopic (exact) mass is 243 g/mol. The first kappa shape index (κ1) is 12.3. The molecule has 86 valence electrons. The number of hydrogen-bond donors (Lipinski definition) is 1. The second kappa shape index (κ2) is 5.37. The molecule has 0 saturated carbocycles. The number of carbonyl (C=O) groups is 2. The molecule has 2 N–H and O–H groups in total. The lowest BCUT2D eigenvalue weighted by Crippen LogP contribution is -2.15. The van der Waals surface area contributed by atoms with E-state index in [1.165, 1.54) is 25.3 Å². The third kappa shape index (κ3) is 3.13. The minimum absolute atomic E-state index is 0.228. The van der Waals surface area contributed by atoms with Gasteiger partial charge in [0, 0.05) is 0 Å². The third-order valence-electron chi connectivity index (χ3n) is 1.78. The number of benzene rings is 1. The molecule has 0 heterocycles. The third-order valence-corrected chi connectivity index (χ3v) is 2.12. The van der Waals surface area contributed by atoms with Crippen LogP contribution in [-0.2, 0) is 14.3 Å². The molecule has 0 radical (unpaired) electrons. The van der Waals surface area contributed by atoms with Crippen LogP contribution in [0.3, 0.4) is 0 Å². The average molecular weight is 244 g/mol. The fraction of sp³-hybridized carbons (Fsp3) is 0.200. The van der Waals surface area contributed by atoms with Crippen LogP contribution in [0.5, 0.6) is 0 Å². The number of rotatable bonds is 3. The van der Waals surface area contributed by atoms with Gasteiger partial charge in [0.1, 0.15) is 0 Å². The van der Waals surface area contributed by atoms with Crippen LogP contribution in [0, 0.1) is 0 Å². The summed E-state index contributed by atoms with van der Waals surface area (Å²) in [7, 11) is 1.20. The molecule has 0 aliphatic carbocycles. The van der Waals surface area contributed by atoms with Gasteiger partial charge in [0.25, 0.3) is 0 Å². The zero-order valence-electron chi connectivity index (χ0n) is 8.53. The summed E-state index contributed by atoms with van der Waals surface area (Å²) in [5.41, 5.74) is 6.01. The van der Waals surface area contributed by atoms with Crippen molar-refractivity contribution in [2.45, 2.75) is 0 Å². The van der Waals surface area contributed by atoms with E-state index in [1.807, 2.05) is 0 Å². The maximum absolute atomic E-state index is 11.4. The lowest BCUT2D eigenvalue weighted by molar-refractivity contribution is -0.144. The Morgan fingerprint density at radius 1 is 1.44 bits per heavy atom. The number of esters is 2. The fourth-order valence-electron chi connectivity index (χ4n) is 0.937. The highest BCUT2D eigenvalue weighted by Gasteiger charge is 2.11. The van der Waals surface area contributed by atoms with Gasteiger partial charge in [0.2, 0.25) is 0 Å². The molecule has 0 aliphatic heterocycles. The molecule has 0 bridgehead atoms. The van der Waals surface area contributed by atoms with E-state index >= 15 is 0 Å². The highest BCUT2D eigenvalue weighted by Crippen LogP contribution is 2.19. The van der Waals surface area contributed by atoms with Gasteiger partial charge in [-0.1, -0.05) is 11.6 Å². The van der Waals surface area contributed by atoms with Gasteiger partial charge in [0.15, 0.2) is 6.61 Å². The Morgan fingerprint density at radius 2 is 2.12 bits per heavy atom. The predicted molar refractivity (Wildman–Crippen MR) is 58.2 cm³/mol. The highest BCUT2D eigenvalue weighted by molar-refractivity contribution is 6.33. The second-order valence-corrected chi connectivity index (χ2v) is 3.30. The van der Waals surface area contributed by atoms with E-state index in [-0.39, 0.29) is 11.3 Å². The van der Waals surface area contributed by atoms with Crippen LogP contribution in [0.25, 0.3) is 0 Å². The molecule has 5 nitrogen and oxygen atoms in total. The largest absolute Gasteiger partial charge is 0.466 e. The SMILES string of the molecule is COC(=O)COC(=O)c1ccc(Cl)c(N)c1. The quantitative estimate of drug-likeness (QED) is 0.639. The summed E-state index contributed by atoms with van der Waals surface area (Å²) in [6, 6.07) is 4.31. The minimum Gasteiger partial charge on any atom is -0.466 e. The van der Waals surface area contributed by atoms with Crippen molar-refractivity contribution in [3.8, 4) is 0 Å². The molecule has 0 saturated heterocycles. The van der Waals surface area contributed by atoms with Crippen molar-refractivity contribution in [1.82, 2.24) is 0 Å². The number of ether oxygens (including phenoxy) is 2. The first-order chi connectivity index (χ1) is 7.54. The maximum atomic E-state index is 11.4. The standard InChI is InChI=1S/C10H10ClNO4/c1-15-9(13)5-16-10(14)6-2-3-7(11)8(12)4-6/h2-4H,5,12H2,1H3. The van der Waals surface area contributed by atoms with Crippen LogP contribution in [0.2, 0.25) is 5.02 Å². The van der Waals surface area contributed by atoms with Gasteiger partial charge in [-0.25, -0.2) is 9.59 Å². The van der Waals surface area contributed by atoms with Crippen LogP contribution in [0.1, 0.15) is 10.4 Å². The van der Waals surface area contributed by atoms with Gasteiger partial charge < -0.3 is 15.2 Å². The van der Waals surface area contributed by atoms with E-state index in [2.05, 4.69) is 9.47 Å². The van der Waals surface area contributed by atoms with Crippen molar-refractivity contribution in [2.24, 2.45) is 0 Å². The maximum Gasteiger partial charge on any atom is 0.344 e. The number of methoxy groups -OCH3 is 1. The number of nitrogen functional groups attached to an aromatic ring is 1. The van der Waals surface area contributed by atoms with Gasteiger partial charge in [-0.3, -0.25) is 0 Å². The summed E-state index contributed by atoms with van der Waals surface area (Å²) in [4.78, 5) is 22.1. The van der Waals surface area contributed by atoms with Crippen molar-refractivity contribution in [3.63, 3.8) is 0 Å². The van der Waals surface area contributed by atoms with Crippen molar-refractivity contribution < 1.29 is 19.1 Å². The molecule has 0 aliphatic rings. The van der Waals surface area contributed by atoms with E-state index in [4.69, 9.17) is 17.3 Å². The molecule has 0 unspecified atom stereocenters. The van der Waals surface area contributed by atoms with Crippen LogP contribution >= 0.6 is 11.6 Å². The van der Waals surface area contributed by atoms with E-state index in [1.54, 1.807) is 0 Å². The van der Waals surface area contributed by atoms with E-state index in [0.29, 0.717) is 5.02 Å². The van der Waals surface area contributed by atoms with Gasteiger partial charge in [-0.05, 0) is 18.2 Å². The molecule has 16 heavy (non-hydrogen) atoms. The van der Waals surface area contributed by atoms with Crippen LogP contribution in [0.4, 0.5) is 5.69 Å². The van der Waals surface area contributed by atoms with E-state index < -0.39 is 18.5 Å². The Bertz CT molecular complexity index is 419. The van der Waals surface area contributed by atoms with E-state index in [9.17, 15) is 9.59 Å². The van der Waals surface area contributed by atoms with Gasteiger partial charge in [0.05, 0.1) is 23.4 Å². The van der Waals surface area contributed by atoms with Crippen LogP contribution in [0.15, 0.2) is 18.2 Å². The molecule has 6 heteroatoms. The molecule has 0 aromatic heterocycles. The van der Waals surface area contributed by atoms with Crippen molar-refractivity contribution >= 4 is 29.2 Å². The Hall–Kier alpha value is -1.75. The Balaban J connectivity index is 2.66. The van der Waals surface area contributed by atoms with E-state index in [0.717, 1.165) is 0 Å². The summed E-state index contributed by atoms with van der Waals surface area (Å²) >= 11 is 5.68. The topological polar surface area (TPSA) is 78.6 Å². The van der Waals surface area contributed by atoms with Crippen LogP contribution in [-0.4, -0.2) is 25.7 Å². The predicted octanol–water partition coefficient (Wildman–Crippen LogP) is 1.25. The second-order valence-electron chi connectivity index (χ2n) is 2.89. The minimum atomic E-state index is -0.659. The molecule has 0 amide bonds. The van der Waals surface area contributed by atoms with Gasteiger partial charge >= 0.3 is 11.9 Å². The molecule has 0 atom stereocenters. The molecule has 1 aromatic rings. The average Bonchev–Trinajstić information content (AvgIpc) is 2.29. The number of nitrogens with two attached hydrogens (primary N) is 1. The smallest absolute Gasteiger partial charge is 0.344 e. The molecule has 0 spiro atoms. The summed E-state index contributed by atoms with van der Waals surface area (Å²) < 4.78 is 8.98. The summed E-state index contributed by atoms with van der Waals surface area (Å²) in [6.45, 7) is -0.433. The number of hydrogen-bond acceptors (Lipinski definition) is 5. The van der Waals surface area contributed by atoms with Crippen molar-refractivity contribution in [2.75, 3.05) is 19.5 Å². The number of halogens is 1. The lowest BCUT2D eigenvalue weighted by Gasteiger charge is -2.04. The van der Waals surface area contributed by atoms with Crippen LogP contribution < -0.4 is 5.73 Å². The Morgan fingerprint density at radius 3 is 2.69 bits per heavy atom. The highest BCUT2D eigenvalue weighted by atomic mass is 35.5. The zero-order valence-corrected chi connectivity index (χ0v) is 9.28. The van der Waals surface area contributed by atoms with Gasteiger partial charge in [-0.2, -0.15) is 0 Å². The van der Waals surface area contributed by atoms with Crippen molar-refractivity contribution in [3.05, 3.63) is 28.8 Å². The number of carbonyl (C=O) groups excluding carboxylic acids is 2. The molecule has 1 rings (SSSR count). The fourth-order valence-corrected chi connectivity index (χ4v) is 1.06. The summed E-state index contributed by atoms with van der Waals surface area (Å²) in [5, 5.41) is 0.351. The molecular formula is C10H10ClNO4. The summed E-state index contributed by atoms with van der Waals surface area (Å²) in [6.07, 6.45) is 0. The number of anilines is 1. The lowest BCUT2D eigenvalue weighted by atomic mass is 10.2. The van der Waals surface area contributed by atoms with Crippen molar-refractivity contribution in [1.29, 1.82) is 0 Å². The molecular weight excluding hydrogens is 234 g/mol. The zero-order chi connectivity index (χ0) is 12.1. The van der Waals surface area contributed by atoms with Gasteiger partial charge in [-0.15, -0.1) is 0 Å². The molecule has 1 aromatic carbocycles. The Kier molecular flexibility index (Phi) is 4.13. The normalized spacial score (nSPS) is 9.62. The first-order valence-corrected chi connectivity index (χ1v) is 4.71. The Labute approximate surface area is 97.1 Å². The molecule has 0 fully saturated rings.